The molecule has 0 radical (unpaired) electrons. The minimum atomic E-state index is 0.316. The van der Waals surface area contributed by atoms with Crippen molar-refractivity contribution in [3.05, 3.63) is 54.1 Å². The number of aromatic hydroxyl groups is 1. The van der Waals surface area contributed by atoms with Gasteiger partial charge in [0.25, 0.3) is 0 Å². The lowest BCUT2D eigenvalue weighted by atomic mass is 9.97. The predicted octanol–water partition coefficient (Wildman–Crippen LogP) is 4.01. The van der Waals surface area contributed by atoms with Crippen LogP contribution in [-0.2, 0) is 6.42 Å². The van der Waals surface area contributed by atoms with E-state index in [1.54, 1.807) is 12.1 Å². The summed E-state index contributed by atoms with van der Waals surface area (Å²) in [7, 11) is 0. The molecule has 0 aliphatic heterocycles. The van der Waals surface area contributed by atoms with Crippen LogP contribution in [0.4, 0.5) is 0 Å². The molecule has 0 aliphatic carbocycles. The summed E-state index contributed by atoms with van der Waals surface area (Å²) in [5, 5.41) is 9.28. The molecule has 1 heteroatoms. The Bertz CT molecular complexity index is 457. The summed E-state index contributed by atoms with van der Waals surface area (Å²) < 4.78 is 0. The molecule has 0 fully saturated rings. The van der Waals surface area contributed by atoms with Gasteiger partial charge >= 0.3 is 0 Å². The Balaban J connectivity index is 2.42. The fourth-order valence-electron chi connectivity index (χ4n) is 1.93. The maximum Gasteiger partial charge on any atom is 0.115 e. The molecule has 2 aromatic carbocycles. The van der Waals surface area contributed by atoms with Crippen LogP contribution >= 0.6 is 0 Å². The van der Waals surface area contributed by atoms with Gasteiger partial charge in [0, 0.05) is 0 Å². The predicted molar refractivity (Wildman–Crippen MR) is 67.5 cm³/mol. The second-order valence-corrected chi connectivity index (χ2v) is 3.95. The standard InChI is InChI=1S/C15H16O/c1-2-5-12-6-3-4-7-15(12)13-8-10-14(16)11-9-13/h3-4,6-11,16H,2,5H2,1H3. The molecule has 0 aliphatic rings. The molecule has 0 heterocycles. The van der Waals surface area contributed by atoms with Crippen molar-refractivity contribution in [3.63, 3.8) is 0 Å². The third-order valence-electron chi connectivity index (χ3n) is 2.72. The molecule has 1 nitrogen and oxygen atoms in total. The monoisotopic (exact) mass is 212 g/mol. The van der Waals surface area contributed by atoms with Crippen molar-refractivity contribution >= 4 is 0 Å². The van der Waals surface area contributed by atoms with Crippen molar-refractivity contribution in [1.29, 1.82) is 0 Å². The number of hydrogen-bond donors (Lipinski definition) is 1. The minimum Gasteiger partial charge on any atom is -0.508 e. The van der Waals surface area contributed by atoms with Crippen LogP contribution in [-0.4, -0.2) is 5.11 Å². The Kier molecular flexibility index (Phi) is 3.25. The number of aryl methyl sites for hydroxylation is 1. The second-order valence-electron chi connectivity index (χ2n) is 3.95. The third-order valence-corrected chi connectivity index (χ3v) is 2.72. The number of hydrogen-bond acceptors (Lipinski definition) is 1. The lowest BCUT2D eigenvalue weighted by molar-refractivity contribution is 0.475. The van der Waals surface area contributed by atoms with Gasteiger partial charge in [0.05, 0.1) is 0 Å². The Labute approximate surface area is 96.4 Å². The molecule has 0 amide bonds. The summed E-state index contributed by atoms with van der Waals surface area (Å²) in [6.07, 6.45) is 2.24. The van der Waals surface area contributed by atoms with E-state index in [1.807, 2.05) is 12.1 Å². The van der Waals surface area contributed by atoms with E-state index in [9.17, 15) is 5.11 Å². The number of benzene rings is 2. The molecule has 0 spiro atoms. The van der Waals surface area contributed by atoms with Crippen LogP contribution in [0.3, 0.4) is 0 Å². The fraction of sp³-hybridized carbons (Fsp3) is 0.200. The molecule has 0 saturated heterocycles. The van der Waals surface area contributed by atoms with E-state index in [0.717, 1.165) is 12.8 Å². The van der Waals surface area contributed by atoms with E-state index in [1.165, 1.54) is 16.7 Å². The van der Waals surface area contributed by atoms with Crippen molar-refractivity contribution in [3.8, 4) is 16.9 Å². The Morgan fingerprint density at radius 3 is 2.31 bits per heavy atom. The van der Waals surface area contributed by atoms with Crippen LogP contribution in [0.5, 0.6) is 5.75 Å². The van der Waals surface area contributed by atoms with E-state index in [4.69, 9.17) is 0 Å². The van der Waals surface area contributed by atoms with Gasteiger partial charge in [0.2, 0.25) is 0 Å². The highest BCUT2D eigenvalue weighted by molar-refractivity contribution is 5.67. The first-order chi connectivity index (χ1) is 7.81. The highest BCUT2D eigenvalue weighted by Gasteiger charge is 2.03. The van der Waals surface area contributed by atoms with E-state index in [2.05, 4.69) is 31.2 Å². The Morgan fingerprint density at radius 2 is 1.62 bits per heavy atom. The lowest BCUT2D eigenvalue weighted by Gasteiger charge is -2.08. The summed E-state index contributed by atoms with van der Waals surface area (Å²) in [5.41, 5.74) is 3.81. The molecule has 16 heavy (non-hydrogen) atoms. The molecule has 1 N–H and O–H groups in total. The van der Waals surface area contributed by atoms with Gasteiger partial charge in [-0.1, -0.05) is 49.7 Å². The molecule has 2 rings (SSSR count). The zero-order valence-corrected chi connectivity index (χ0v) is 9.48. The third kappa shape index (κ3) is 2.25. The summed E-state index contributed by atoms with van der Waals surface area (Å²) in [4.78, 5) is 0. The highest BCUT2D eigenvalue weighted by atomic mass is 16.3. The molecule has 0 bridgehead atoms. The van der Waals surface area contributed by atoms with Crippen LogP contribution < -0.4 is 0 Å². The molecule has 2 aromatic rings. The summed E-state index contributed by atoms with van der Waals surface area (Å²) in [6.45, 7) is 2.19. The van der Waals surface area contributed by atoms with Crippen LogP contribution in [0.2, 0.25) is 0 Å². The maximum atomic E-state index is 9.28. The quantitative estimate of drug-likeness (QED) is 0.815. The van der Waals surface area contributed by atoms with Crippen LogP contribution in [0.25, 0.3) is 11.1 Å². The number of phenolic OH excluding ortho intramolecular Hbond substituents is 1. The van der Waals surface area contributed by atoms with Crippen molar-refractivity contribution in [1.82, 2.24) is 0 Å². The van der Waals surface area contributed by atoms with Gasteiger partial charge in [-0.25, -0.2) is 0 Å². The molecule has 0 unspecified atom stereocenters. The first kappa shape index (κ1) is 10.7. The second kappa shape index (κ2) is 4.84. The van der Waals surface area contributed by atoms with E-state index < -0.39 is 0 Å². The van der Waals surface area contributed by atoms with Gasteiger partial charge in [0.15, 0.2) is 0 Å². The van der Waals surface area contributed by atoms with Crippen LogP contribution in [0.15, 0.2) is 48.5 Å². The average Bonchev–Trinajstić information content (AvgIpc) is 2.32. The molecule has 0 atom stereocenters. The highest BCUT2D eigenvalue weighted by Crippen LogP contribution is 2.26. The van der Waals surface area contributed by atoms with Gasteiger partial charge < -0.3 is 5.11 Å². The largest absolute Gasteiger partial charge is 0.508 e. The van der Waals surface area contributed by atoms with Crippen LogP contribution in [0.1, 0.15) is 18.9 Å². The van der Waals surface area contributed by atoms with Crippen LogP contribution in [0, 0.1) is 0 Å². The van der Waals surface area contributed by atoms with E-state index in [-0.39, 0.29) is 0 Å². The van der Waals surface area contributed by atoms with Gasteiger partial charge in [-0.15, -0.1) is 0 Å². The summed E-state index contributed by atoms with van der Waals surface area (Å²) in [6, 6.07) is 15.8. The van der Waals surface area contributed by atoms with Crippen molar-refractivity contribution in [2.24, 2.45) is 0 Å². The topological polar surface area (TPSA) is 20.2 Å². The average molecular weight is 212 g/mol. The fourth-order valence-corrected chi connectivity index (χ4v) is 1.93. The van der Waals surface area contributed by atoms with E-state index in [0.29, 0.717) is 5.75 Å². The van der Waals surface area contributed by atoms with Crippen molar-refractivity contribution in [2.45, 2.75) is 19.8 Å². The van der Waals surface area contributed by atoms with E-state index >= 15 is 0 Å². The molecule has 82 valence electrons. The number of phenols is 1. The van der Waals surface area contributed by atoms with Crippen molar-refractivity contribution in [2.75, 3.05) is 0 Å². The van der Waals surface area contributed by atoms with Gasteiger partial charge in [-0.05, 0) is 35.2 Å². The SMILES string of the molecule is CCCc1ccccc1-c1ccc(O)cc1. The summed E-state index contributed by atoms with van der Waals surface area (Å²) >= 11 is 0. The zero-order chi connectivity index (χ0) is 11.4. The first-order valence-electron chi connectivity index (χ1n) is 5.68. The van der Waals surface area contributed by atoms with Gasteiger partial charge in [-0.3, -0.25) is 0 Å². The molecular weight excluding hydrogens is 196 g/mol. The molecule has 0 saturated carbocycles. The Morgan fingerprint density at radius 1 is 0.938 bits per heavy atom. The van der Waals surface area contributed by atoms with Gasteiger partial charge in [0.1, 0.15) is 5.75 Å². The Hall–Kier alpha value is -1.76. The summed E-state index contributed by atoms with van der Waals surface area (Å²) in [5.74, 6) is 0.316. The van der Waals surface area contributed by atoms with Gasteiger partial charge in [-0.2, -0.15) is 0 Å². The van der Waals surface area contributed by atoms with Crippen molar-refractivity contribution < 1.29 is 5.11 Å². The molecular formula is C15H16O. The first-order valence-corrected chi connectivity index (χ1v) is 5.68. The normalized spacial score (nSPS) is 10.3. The zero-order valence-electron chi connectivity index (χ0n) is 9.48. The minimum absolute atomic E-state index is 0.316. The lowest BCUT2D eigenvalue weighted by Crippen LogP contribution is -1.88. The maximum absolute atomic E-state index is 9.28. The smallest absolute Gasteiger partial charge is 0.115 e. The number of rotatable bonds is 3. The molecule has 0 aromatic heterocycles.